The second kappa shape index (κ2) is 7.35. The molecular formula is C19H18F2N2OS. The Balaban J connectivity index is 1.72. The number of hydrogen-bond acceptors (Lipinski definition) is 3. The Hall–Kier alpha value is -2.21. The summed E-state index contributed by atoms with van der Waals surface area (Å²) in [4.78, 5) is 18.5. The molecule has 0 radical (unpaired) electrons. The molecule has 3 rings (SSSR count). The normalized spacial score (nSPS) is 13.9. The molecule has 0 saturated heterocycles. The number of rotatable bonds is 3. The first-order valence-electron chi connectivity index (χ1n) is 7.96. The van der Waals surface area contributed by atoms with Gasteiger partial charge in [-0.2, -0.15) is 0 Å². The molecule has 130 valence electrons. The zero-order valence-corrected chi connectivity index (χ0v) is 14.9. The number of carbonyl (C=O) groups excluding carboxylic acids is 1. The smallest absolute Gasteiger partial charge is 0.259 e. The summed E-state index contributed by atoms with van der Waals surface area (Å²) in [5.74, 6) is -1.64. The third-order valence-corrected chi connectivity index (χ3v) is 5.14. The molecule has 6 heteroatoms. The van der Waals surface area contributed by atoms with Crippen molar-refractivity contribution >= 4 is 22.8 Å². The minimum atomic E-state index is -1.02. The molecule has 3 nitrogen and oxygen atoms in total. The first-order chi connectivity index (χ1) is 12.0. The number of aliphatic imine (C=N–C) groups is 1. The maximum absolute atomic E-state index is 13.4. The lowest BCUT2D eigenvalue weighted by Crippen LogP contribution is -2.33. The van der Waals surface area contributed by atoms with Crippen molar-refractivity contribution in [1.82, 2.24) is 4.90 Å². The number of hydrogen-bond donors (Lipinski definition) is 0. The average Bonchev–Trinajstić information content (AvgIpc) is 3.06. The molecule has 0 unspecified atom stereocenters. The minimum Gasteiger partial charge on any atom is -0.286 e. The van der Waals surface area contributed by atoms with Crippen LogP contribution in [0, 0.1) is 25.5 Å². The number of thioether (sulfide) groups is 1. The standard InChI is InChI=1S/C19H18F2N2OS/c1-12-3-4-13(2)15(9-12)11-25-19-22-7-8-23(19)18(24)14-5-6-16(20)17(21)10-14/h3-6,9-10H,7-8,11H2,1-2H3. The molecule has 25 heavy (non-hydrogen) atoms. The Morgan fingerprint density at radius 1 is 1.16 bits per heavy atom. The quantitative estimate of drug-likeness (QED) is 0.816. The largest absolute Gasteiger partial charge is 0.286 e. The van der Waals surface area contributed by atoms with Crippen LogP contribution in [-0.2, 0) is 5.75 Å². The number of halogens is 2. The summed E-state index contributed by atoms with van der Waals surface area (Å²) in [6.45, 7) is 5.06. The molecular weight excluding hydrogens is 342 g/mol. The second-order valence-electron chi connectivity index (χ2n) is 5.97. The first kappa shape index (κ1) is 17.6. The van der Waals surface area contributed by atoms with E-state index in [1.807, 2.05) is 6.92 Å². The van der Waals surface area contributed by atoms with Gasteiger partial charge in [0.2, 0.25) is 0 Å². The van der Waals surface area contributed by atoms with Crippen LogP contribution in [0.4, 0.5) is 8.78 Å². The van der Waals surface area contributed by atoms with Crippen molar-refractivity contribution in [2.45, 2.75) is 19.6 Å². The molecule has 1 amide bonds. The van der Waals surface area contributed by atoms with E-state index in [1.165, 1.54) is 39.4 Å². The van der Waals surface area contributed by atoms with Gasteiger partial charge in [0.1, 0.15) is 0 Å². The predicted octanol–water partition coefficient (Wildman–Crippen LogP) is 4.33. The second-order valence-corrected chi connectivity index (χ2v) is 6.91. The van der Waals surface area contributed by atoms with E-state index in [0.717, 1.165) is 12.1 Å². The van der Waals surface area contributed by atoms with E-state index in [0.29, 0.717) is 24.0 Å². The van der Waals surface area contributed by atoms with E-state index in [-0.39, 0.29) is 11.5 Å². The Kier molecular flexibility index (Phi) is 5.18. The Morgan fingerprint density at radius 3 is 2.72 bits per heavy atom. The van der Waals surface area contributed by atoms with E-state index in [4.69, 9.17) is 0 Å². The van der Waals surface area contributed by atoms with E-state index in [2.05, 4.69) is 30.1 Å². The number of benzene rings is 2. The molecule has 0 spiro atoms. The number of amides is 1. The van der Waals surface area contributed by atoms with Gasteiger partial charge in [-0.05, 0) is 43.2 Å². The Bertz CT molecular complexity index is 851. The van der Waals surface area contributed by atoms with Crippen LogP contribution in [0.2, 0.25) is 0 Å². The SMILES string of the molecule is Cc1ccc(C)c(CSC2=NCCN2C(=O)c2ccc(F)c(F)c2)c1. The molecule has 0 N–H and O–H groups in total. The topological polar surface area (TPSA) is 32.7 Å². The van der Waals surface area contributed by atoms with Gasteiger partial charge in [-0.3, -0.25) is 14.7 Å². The molecule has 0 bridgehead atoms. The van der Waals surface area contributed by atoms with Crippen LogP contribution in [0.25, 0.3) is 0 Å². The van der Waals surface area contributed by atoms with Crippen molar-refractivity contribution in [2.24, 2.45) is 4.99 Å². The molecule has 2 aromatic carbocycles. The van der Waals surface area contributed by atoms with E-state index in [9.17, 15) is 13.6 Å². The Morgan fingerprint density at radius 2 is 1.96 bits per heavy atom. The van der Waals surface area contributed by atoms with Gasteiger partial charge in [-0.1, -0.05) is 35.5 Å². The maximum Gasteiger partial charge on any atom is 0.259 e. The highest BCUT2D eigenvalue weighted by atomic mass is 32.2. The molecule has 2 aromatic rings. The predicted molar refractivity (Wildman–Crippen MR) is 96.9 cm³/mol. The van der Waals surface area contributed by atoms with Gasteiger partial charge in [0.15, 0.2) is 16.8 Å². The van der Waals surface area contributed by atoms with E-state index in [1.54, 1.807) is 0 Å². The lowest BCUT2D eigenvalue weighted by atomic mass is 10.1. The summed E-state index contributed by atoms with van der Waals surface area (Å²) in [5.41, 5.74) is 3.69. The minimum absolute atomic E-state index is 0.126. The fourth-order valence-electron chi connectivity index (χ4n) is 2.62. The van der Waals surface area contributed by atoms with Crippen LogP contribution < -0.4 is 0 Å². The number of nitrogens with zero attached hydrogens (tertiary/aromatic N) is 2. The third-order valence-electron chi connectivity index (χ3n) is 4.07. The molecule has 1 aliphatic heterocycles. The summed E-state index contributed by atoms with van der Waals surface area (Å²) < 4.78 is 26.5. The van der Waals surface area contributed by atoms with E-state index >= 15 is 0 Å². The van der Waals surface area contributed by atoms with Gasteiger partial charge in [0.25, 0.3) is 5.91 Å². The van der Waals surface area contributed by atoms with Gasteiger partial charge < -0.3 is 0 Å². The molecule has 0 aliphatic carbocycles. The highest BCUT2D eigenvalue weighted by Gasteiger charge is 2.26. The van der Waals surface area contributed by atoms with Crippen LogP contribution in [-0.4, -0.2) is 29.1 Å². The number of aryl methyl sites for hydroxylation is 2. The third kappa shape index (κ3) is 3.90. The van der Waals surface area contributed by atoms with Crippen LogP contribution in [0.3, 0.4) is 0 Å². The molecule has 1 aliphatic rings. The van der Waals surface area contributed by atoms with Gasteiger partial charge in [0, 0.05) is 17.9 Å². The summed E-state index contributed by atoms with van der Waals surface area (Å²) in [5, 5.41) is 0.621. The lowest BCUT2D eigenvalue weighted by molar-refractivity contribution is 0.0860. The summed E-state index contributed by atoms with van der Waals surface area (Å²) in [6.07, 6.45) is 0. The van der Waals surface area contributed by atoms with Gasteiger partial charge in [-0.15, -0.1) is 0 Å². The molecule has 0 saturated carbocycles. The van der Waals surface area contributed by atoms with Crippen LogP contribution in [0.1, 0.15) is 27.0 Å². The van der Waals surface area contributed by atoms with Crippen molar-refractivity contribution < 1.29 is 13.6 Å². The van der Waals surface area contributed by atoms with Crippen LogP contribution >= 0.6 is 11.8 Å². The summed E-state index contributed by atoms with van der Waals surface area (Å²) in [7, 11) is 0. The molecule has 0 aromatic heterocycles. The summed E-state index contributed by atoms with van der Waals surface area (Å²) >= 11 is 1.49. The molecule has 0 fully saturated rings. The van der Waals surface area contributed by atoms with Gasteiger partial charge in [0.05, 0.1) is 6.54 Å². The Labute approximate surface area is 149 Å². The van der Waals surface area contributed by atoms with Crippen molar-refractivity contribution in [2.75, 3.05) is 13.1 Å². The van der Waals surface area contributed by atoms with Crippen molar-refractivity contribution in [1.29, 1.82) is 0 Å². The van der Waals surface area contributed by atoms with Crippen LogP contribution in [0.5, 0.6) is 0 Å². The van der Waals surface area contributed by atoms with E-state index < -0.39 is 11.6 Å². The first-order valence-corrected chi connectivity index (χ1v) is 8.94. The number of carbonyl (C=O) groups is 1. The van der Waals surface area contributed by atoms with Crippen molar-refractivity contribution in [3.8, 4) is 0 Å². The lowest BCUT2D eigenvalue weighted by Gasteiger charge is -2.18. The van der Waals surface area contributed by atoms with Gasteiger partial charge in [-0.25, -0.2) is 8.78 Å². The highest BCUT2D eigenvalue weighted by Crippen LogP contribution is 2.24. The van der Waals surface area contributed by atoms with Crippen molar-refractivity contribution in [3.63, 3.8) is 0 Å². The fourth-order valence-corrected chi connectivity index (χ4v) is 3.73. The van der Waals surface area contributed by atoms with Gasteiger partial charge >= 0.3 is 0 Å². The monoisotopic (exact) mass is 360 g/mol. The maximum atomic E-state index is 13.4. The van der Waals surface area contributed by atoms with Crippen LogP contribution in [0.15, 0.2) is 41.4 Å². The fraction of sp³-hybridized carbons (Fsp3) is 0.263. The average molecular weight is 360 g/mol. The zero-order valence-electron chi connectivity index (χ0n) is 14.1. The van der Waals surface area contributed by atoms with Crippen molar-refractivity contribution in [3.05, 3.63) is 70.3 Å². The number of amidine groups is 1. The molecule has 0 atom stereocenters. The zero-order chi connectivity index (χ0) is 18.0. The highest BCUT2D eigenvalue weighted by molar-refractivity contribution is 8.13. The molecule has 1 heterocycles. The summed E-state index contributed by atoms with van der Waals surface area (Å²) in [6, 6.07) is 9.47.